The van der Waals surface area contributed by atoms with Gasteiger partial charge in [0.15, 0.2) is 34.5 Å². The van der Waals surface area contributed by atoms with Crippen molar-refractivity contribution in [2.75, 3.05) is 104 Å². The summed E-state index contributed by atoms with van der Waals surface area (Å²) in [5, 5.41) is 31.2. The number of guanidine groups is 3. The Morgan fingerprint density at radius 3 is 1.27 bits per heavy atom. The molecule has 0 unspecified atom stereocenters. The number of halogens is 3. The van der Waals surface area contributed by atoms with Crippen molar-refractivity contribution in [1.29, 1.82) is 0 Å². The Morgan fingerprint density at radius 2 is 0.905 bits per heavy atom. The standard InChI is InChI=1S/C23H29ClN6O2.C22H27BrN6O3.C22H27BrN6O2/c1-3-28-21(31)19-20(29-12-11-25-23(28)29)27-22(26-16-7-5-4-6-8-16)30(19)14-15-9-10-18(32-2)17(24)13-15;1-3-27-20(31)18-19(28-9-8-24-22(27)28)26-21(25-14-5-6-15(30)11-14)29(18)12-13-4-7-17(32-2)16(23)10-13;1-2-27-20(31)18-19(28-11-10-24-22(27)28)26-21(25-15-6-4-3-5-7-15)29(18)13-14-8-9-17(30)16(23)12-14/h9-10,13,16H,3-8,11-12,14H2,1-2H3,(H,26,27);4,7,10,14-15,30H,3,5-6,8-9,11-12H2,1-2H3,(H,25,26);8-9,12,15,30H,2-7,10-11,13H2,1H3,(H,25,26)/t;14-,15+;/m.1./s1. The van der Waals surface area contributed by atoms with Crippen LogP contribution in [0.15, 0.2) is 78.5 Å². The Labute approximate surface area is 574 Å². The highest BCUT2D eigenvalue weighted by molar-refractivity contribution is 9.11. The molecule has 0 bridgehead atoms. The summed E-state index contributed by atoms with van der Waals surface area (Å²) in [6, 6.07) is 17.9. The van der Waals surface area contributed by atoms with E-state index in [1.807, 2.05) is 87.9 Å². The van der Waals surface area contributed by atoms with Crippen LogP contribution < -0.4 is 40.1 Å². The molecule has 95 heavy (non-hydrogen) atoms. The largest absolute Gasteiger partial charge is 0.507 e. The number of aromatic nitrogens is 6. The van der Waals surface area contributed by atoms with E-state index in [0.717, 1.165) is 90.4 Å². The molecule has 6 aromatic rings. The molecule has 25 nitrogen and oxygen atoms in total. The van der Waals surface area contributed by atoms with Gasteiger partial charge in [-0.2, -0.15) is 15.0 Å². The first kappa shape index (κ1) is 65.8. The molecule has 0 saturated heterocycles. The normalized spacial score (nSPS) is 19.8. The number of phenolic OH excluding ortho intramolecular Hbond substituents is 1. The van der Waals surface area contributed by atoms with Crippen molar-refractivity contribution >= 4 is 114 Å². The summed E-state index contributed by atoms with van der Waals surface area (Å²) in [4.78, 5) is 80.4. The summed E-state index contributed by atoms with van der Waals surface area (Å²) in [7, 11) is 3.24. The summed E-state index contributed by atoms with van der Waals surface area (Å²) in [6.45, 7) is 13.2. The molecule has 3 aliphatic carbocycles. The summed E-state index contributed by atoms with van der Waals surface area (Å²) >= 11 is 13.4. The highest BCUT2D eigenvalue weighted by Gasteiger charge is 2.45. The number of amides is 3. The number of aliphatic hydroxyl groups excluding tert-OH is 1. The number of phenols is 1. The molecule has 9 aliphatic rings. The molecule has 6 aliphatic heterocycles. The third kappa shape index (κ3) is 13.0. The van der Waals surface area contributed by atoms with Crippen LogP contribution in [0.1, 0.15) is 152 Å². The molecule has 3 amide bonds. The molecular weight excluding hydrogens is 1360 g/mol. The molecule has 5 N–H and O–H groups in total. The number of hydrogen-bond donors (Lipinski definition) is 5. The maximum Gasteiger partial charge on any atom is 0.281 e. The molecule has 2 atom stereocenters. The number of ether oxygens (including phenoxy) is 2. The molecule has 3 saturated carbocycles. The lowest BCUT2D eigenvalue weighted by molar-refractivity contribution is 0.0828. The topological polar surface area (TPSA) is 256 Å². The summed E-state index contributed by atoms with van der Waals surface area (Å²) < 4.78 is 18.1. The molecule has 3 aromatic carbocycles. The highest BCUT2D eigenvalue weighted by Crippen LogP contribution is 2.40. The first-order valence-corrected chi connectivity index (χ1v) is 35.5. The number of hydrogen-bond acceptors (Lipinski definition) is 19. The van der Waals surface area contributed by atoms with Crippen molar-refractivity contribution in [2.45, 2.75) is 148 Å². The Kier molecular flexibility index (Phi) is 19.7. The number of imidazole rings is 3. The van der Waals surface area contributed by atoms with Crippen LogP contribution in [-0.2, 0) is 19.6 Å². The molecule has 9 heterocycles. The Hall–Kier alpha value is -7.88. The van der Waals surface area contributed by atoms with Gasteiger partial charge >= 0.3 is 0 Å². The minimum atomic E-state index is -0.294. The van der Waals surface area contributed by atoms with E-state index in [4.69, 9.17) is 36.0 Å². The van der Waals surface area contributed by atoms with Crippen molar-refractivity contribution in [3.8, 4) is 17.2 Å². The number of fused-ring (bicyclic) bond motifs is 9. The number of nitrogens with zero attached hydrogens (tertiary/aromatic N) is 15. The van der Waals surface area contributed by atoms with Gasteiger partial charge in [-0.3, -0.25) is 72.5 Å². The van der Waals surface area contributed by atoms with E-state index in [9.17, 15) is 24.6 Å². The number of benzene rings is 3. The van der Waals surface area contributed by atoms with E-state index in [1.54, 1.807) is 35.0 Å². The molecule has 504 valence electrons. The smallest absolute Gasteiger partial charge is 0.281 e. The quantitative estimate of drug-likeness (QED) is 0.0569. The predicted octanol–water partition coefficient (Wildman–Crippen LogP) is 10.5. The number of rotatable bonds is 17. The Morgan fingerprint density at radius 1 is 0.516 bits per heavy atom. The molecule has 3 aromatic heterocycles. The van der Waals surface area contributed by atoms with Crippen LogP contribution in [0.4, 0.5) is 35.3 Å². The van der Waals surface area contributed by atoms with Gasteiger partial charge in [0, 0.05) is 57.4 Å². The second kappa shape index (κ2) is 28.4. The zero-order valence-electron chi connectivity index (χ0n) is 54.5. The van der Waals surface area contributed by atoms with E-state index >= 15 is 0 Å². The number of aliphatic imine (C=N–C) groups is 3. The molecular formula is C67H83Br2ClN18O7. The fraction of sp³-hybridized carbons (Fsp3) is 0.507. The maximum atomic E-state index is 13.6. The minimum Gasteiger partial charge on any atom is -0.507 e. The van der Waals surface area contributed by atoms with Gasteiger partial charge in [-0.15, -0.1) is 0 Å². The van der Waals surface area contributed by atoms with E-state index in [1.165, 1.54) is 38.5 Å². The van der Waals surface area contributed by atoms with E-state index < -0.39 is 0 Å². The molecule has 0 spiro atoms. The average molecular weight is 1450 g/mol. The van der Waals surface area contributed by atoms with Crippen molar-refractivity contribution in [3.05, 3.63) is 102 Å². The number of aliphatic hydroxyl groups is 1. The fourth-order valence-corrected chi connectivity index (χ4v) is 15.7. The van der Waals surface area contributed by atoms with Gasteiger partial charge < -0.3 is 35.6 Å². The van der Waals surface area contributed by atoms with Crippen molar-refractivity contribution < 1.29 is 34.1 Å². The molecule has 28 heteroatoms. The van der Waals surface area contributed by atoms with E-state index in [0.29, 0.717) is 158 Å². The second-order valence-electron chi connectivity index (χ2n) is 25.2. The van der Waals surface area contributed by atoms with Crippen LogP contribution >= 0.6 is 43.5 Å². The van der Waals surface area contributed by atoms with E-state index in [2.05, 4.69) is 72.6 Å². The first-order chi connectivity index (χ1) is 46.2. The summed E-state index contributed by atoms with van der Waals surface area (Å²) in [5.41, 5.74) is 4.76. The van der Waals surface area contributed by atoms with Gasteiger partial charge in [-0.1, -0.05) is 68.3 Å². The minimum absolute atomic E-state index is 0.0526. The SMILES string of the molecule is CCN1C(=O)c2c(nc(NC3CCCCC3)n2Cc2ccc(O)c(Br)c2)N2CCN=C12.CCN1C(=O)c2c(nc(NC3CCCCC3)n2Cc2ccc(OC)c(Cl)c2)N2CCN=C12.CCN1C(=O)c2c(nc(N[C@@H]3CC[C@H](O)C3)n2Cc2ccc(OC)c(Br)c2)N2CCN=C12. The van der Waals surface area contributed by atoms with Gasteiger partial charge in [0.2, 0.25) is 35.7 Å². The van der Waals surface area contributed by atoms with Gasteiger partial charge in [0.05, 0.1) is 73.6 Å². The number of methoxy groups -OCH3 is 2. The fourth-order valence-electron chi connectivity index (χ4n) is 14.4. The molecule has 15 rings (SSSR count). The van der Waals surface area contributed by atoms with Crippen LogP contribution in [0.25, 0.3) is 0 Å². The van der Waals surface area contributed by atoms with Crippen molar-refractivity contribution in [1.82, 2.24) is 43.4 Å². The molecule has 0 radical (unpaired) electrons. The maximum absolute atomic E-state index is 13.6. The molecule has 3 fully saturated rings. The summed E-state index contributed by atoms with van der Waals surface area (Å²) in [6.07, 6.45) is 13.9. The average Bonchev–Trinajstić information content (AvgIpc) is 1.61. The summed E-state index contributed by atoms with van der Waals surface area (Å²) in [5.74, 6) is 7.68. The van der Waals surface area contributed by atoms with Gasteiger partial charge in [-0.25, -0.2) is 0 Å². The van der Waals surface area contributed by atoms with Gasteiger partial charge in [-0.05, 0) is 151 Å². The lowest BCUT2D eigenvalue weighted by Crippen LogP contribution is -2.50. The number of carbonyl (C=O) groups excluding carboxylic acids is 3. The lowest BCUT2D eigenvalue weighted by atomic mass is 9.96. The van der Waals surface area contributed by atoms with Crippen LogP contribution in [0, 0.1) is 0 Å². The highest BCUT2D eigenvalue weighted by atomic mass is 79.9. The van der Waals surface area contributed by atoms with Crippen molar-refractivity contribution in [2.24, 2.45) is 15.0 Å². The van der Waals surface area contributed by atoms with Gasteiger partial charge in [0.25, 0.3) is 17.7 Å². The number of carbonyl (C=O) groups is 3. The number of anilines is 6. The van der Waals surface area contributed by atoms with Crippen LogP contribution in [-0.4, -0.2) is 187 Å². The Bertz CT molecular complexity index is 3830. The zero-order valence-corrected chi connectivity index (χ0v) is 58.4. The van der Waals surface area contributed by atoms with E-state index in [-0.39, 0.29) is 35.6 Å². The zero-order chi connectivity index (χ0) is 66.2. The van der Waals surface area contributed by atoms with Crippen LogP contribution in [0.2, 0.25) is 5.02 Å². The van der Waals surface area contributed by atoms with Crippen LogP contribution in [0.5, 0.6) is 17.2 Å². The monoisotopic (exact) mass is 1440 g/mol. The third-order valence-corrected chi connectivity index (χ3v) is 20.7. The Balaban J connectivity index is 0.000000129. The van der Waals surface area contributed by atoms with Crippen LogP contribution in [0.3, 0.4) is 0 Å². The second-order valence-corrected chi connectivity index (χ2v) is 27.3. The third-order valence-electron chi connectivity index (χ3n) is 19.2. The van der Waals surface area contributed by atoms with Gasteiger partial charge in [0.1, 0.15) is 17.2 Å². The predicted molar refractivity (Wildman–Crippen MR) is 376 cm³/mol. The lowest BCUT2D eigenvalue weighted by Gasteiger charge is -2.32. The first-order valence-electron chi connectivity index (χ1n) is 33.5. The number of aromatic hydroxyl groups is 1. The van der Waals surface area contributed by atoms with Crippen molar-refractivity contribution in [3.63, 3.8) is 0 Å². The number of nitrogens with one attached hydrogen (secondary N) is 3.